The van der Waals surface area contributed by atoms with Crippen molar-refractivity contribution in [1.29, 1.82) is 0 Å². The van der Waals surface area contributed by atoms with Crippen LogP contribution in [0.2, 0.25) is 0 Å². The number of hydrogen-bond donors (Lipinski definition) is 2. The summed E-state index contributed by atoms with van der Waals surface area (Å²) in [6.45, 7) is 6.29. The Morgan fingerprint density at radius 2 is 1.92 bits per heavy atom. The van der Waals surface area contributed by atoms with Crippen LogP contribution in [0.5, 0.6) is 0 Å². The average molecular weight is 368 g/mol. The Kier molecular flexibility index (Phi) is 8.21. The summed E-state index contributed by atoms with van der Waals surface area (Å²) in [5.74, 6) is 0.280. The lowest BCUT2D eigenvalue weighted by molar-refractivity contribution is -0.896. The van der Waals surface area contributed by atoms with E-state index in [2.05, 4.69) is 12.2 Å². The van der Waals surface area contributed by atoms with E-state index in [0.717, 1.165) is 37.4 Å². The highest BCUT2D eigenvalue weighted by Gasteiger charge is 2.24. The lowest BCUT2D eigenvalue weighted by atomic mass is 10.3. The Hall–Kier alpha value is -1.60. The maximum Gasteiger partial charge on any atom is 0.275 e. The molecule has 2 rings (SSSR count). The van der Waals surface area contributed by atoms with Crippen LogP contribution in [0.25, 0.3) is 0 Å². The summed E-state index contributed by atoms with van der Waals surface area (Å²) in [5.41, 5.74) is 0. The zero-order valence-corrected chi connectivity index (χ0v) is 15.5. The van der Waals surface area contributed by atoms with E-state index < -0.39 is 0 Å². The molecule has 0 atom stereocenters. The van der Waals surface area contributed by atoms with Gasteiger partial charge in [0.15, 0.2) is 6.54 Å². The maximum atomic E-state index is 12.9. The number of amides is 2. The second-order valence-corrected chi connectivity index (χ2v) is 7.30. The Balaban J connectivity index is 1.66. The van der Waals surface area contributed by atoms with Crippen LogP contribution in [0.1, 0.15) is 19.8 Å². The molecule has 0 aliphatic carbocycles. The highest BCUT2D eigenvalue weighted by atomic mass is 32.2. The van der Waals surface area contributed by atoms with Gasteiger partial charge in [-0.3, -0.25) is 9.59 Å². The summed E-state index contributed by atoms with van der Waals surface area (Å²) in [7, 11) is 0. The number of unbranched alkanes of at least 4 members (excludes halogenated alkanes) is 1. The van der Waals surface area contributed by atoms with Crippen molar-refractivity contribution >= 4 is 23.6 Å². The molecule has 1 aromatic rings. The van der Waals surface area contributed by atoms with E-state index in [1.165, 1.54) is 28.8 Å². The van der Waals surface area contributed by atoms with E-state index in [1.807, 2.05) is 4.90 Å². The van der Waals surface area contributed by atoms with Crippen LogP contribution < -0.4 is 10.2 Å². The molecule has 0 radical (unpaired) electrons. The minimum Gasteiger partial charge on any atom is -0.351 e. The first-order chi connectivity index (χ1) is 12.1. The minimum atomic E-state index is -0.270. The van der Waals surface area contributed by atoms with Crippen molar-refractivity contribution in [3.8, 4) is 0 Å². The fourth-order valence-electron chi connectivity index (χ4n) is 2.71. The first-order valence-corrected chi connectivity index (χ1v) is 9.83. The van der Waals surface area contributed by atoms with Crippen molar-refractivity contribution in [2.24, 2.45) is 0 Å². The molecular weight excluding hydrogens is 341 g/mol. The van der Waals surface area contributed by atoms with Gasteiger partial charge in [-0.25, -0.2) is 4.39 Å². The molecule has 0 spiro atoms. The molecule has 1 heterocycles. The van der Waals surface area contributed by atoms with E-state index >= 15 is 0 Å². The lowest BCUT2D eigenvalue weighted by Gasteiger charge is -2.31. The van der Waals surface area contributed by atoms with Gasteiger partial charge in [-0.15, -0.1) is 11.8 Å². The number of nitrogens with zero attached hydrogens (tertiary/aromatic N) is 1. The predicted octanol–water partition coefficient (Wildman–Crippen LogP) is 0.561. The molecule has 5 nitrogen and oxygen atoms in total. The second-order valence-electron chi connectivity index (χ2n) is 6.25. The molecule has 1 aliphatic heterocycles. The predicted molar refractivity (Wildman–Crippen MR) is 97.2 cm³/mol. The SMILES string of the molecule is CCCCNC(=O)C[NH+]1CCN(C(=O)CSc2ccc(F)cc2)CC1. The van der Waals surface area contributed by atoms with Gasteiger partial charge in [0.05, 0.1) is 31.9 Å². The number of quaternary nitrogens is 1. The highest BCUT2D eigenvalue weighted by molar-refractivity contribution is 8.00. The van der Waals surface area contributed by atoms with Gasteiger partial charge < -0.3 is 15.1 Å². The quantitative estimate of drug-likeness (QED) is 0.521. The third kappa shape index (κ3) is 7.04. The summed E-state index contributed by atoms with van der Waals surface area (Å²) in [6, 6.07) is 6.18. The van der Waals surface area contributed by atoms with Gasteiger partial charge in [-0.05, 0) is 30.7 Å². The Bertz CT molecular complexity index is 560. The highest BCUT2D eigenvalue weighted by Crippen LogP contribution is 2.18. The van der Waals surface area contributed by atoms with Crippen LogP contribution in [0.4, 0.5) is 4.39 Å². The van der Waals surface area contributed by atoms with Crippen LogP contribution in [0.3, 0.4) is 0 Å². The fraction of sp³-hybridized carbons (Fsp3) is 0.556. The molecule has 0 aromatic heterocycles. The van der Waals surface area contributed by atoms with Gasteiger partial charge in [-0.2, -0.15) is 0 Å². The summed E-state index contributed by atoms with van der Waals surface area (Å²) in [5, 5.41) is 2.94. The van der Waals surface area contributed by atoms with E-state index in [9.17, 15) is 14.0 Å². The summed E-state index contributed by atoms with van der Waals surface area (Å²) < 4.78 is 12.9. The standard InChI is InChI=1S/C18H26FN3O2S/c1-2-3-8-20-17(23)13-21-9-11-22(12-10-21)18(24)14-25-16-6-4-15(19)5-7-16/h4-7H,2-3,8-14H2,1H3,(H,20,23)/p+1. The molecule has 2 amide bonds. The minimum absolute atomic E-state index is 0.0927. The molecule has 7 heteroatoms. The summed E-state index contributed by atoms with van der Waals surface area (Å²) in [6.07, 6.45) is 2.08. The van der Waals surface area contributed by atoms with Crippen LogP contribution in [-0.2, 0) is 9.59 Å². The first kappa shape index (κ1) is 19.7. The lowest BCUT2D eigenvalue weighted by Crippen LogP contribution is -3.15. The third-order valence-electron chi connectivity index (χ3n) is 4.26. The fourth-order valence-corrected chi connectivity index (χ4v) is 3.51. The molecular formula is C18H27FN3O2S+. The second kappa shape index (κ2) is 10.4. The number of carbonyl (C=O) groups excluding carboxylic acids is 2. The summed E-state index contributed by atoms with van der Waals surface area (Å²) >= 11 is 1.42. The maximum absolute atomic E-state index is 12.9. The van der Waals surface area contributed by atoms with Gasteiger partial charge in [0.1, 0.15) is 5.82 Å². The van der Waals surface area contributed by atoms with Gasteiger partial charge in [0.25, 0.3) is 5.91 Å². The van der Waals surface area contributed by atoms with Crippen molar-refractivity contribution < 1.29 is 18.9 Å². The van der Waals surface area contributed by atoms with Gasteiger partial charge in [0.2, 0.25) is 5.91 Å². The molecule has 1 aliphatic rings. The molecule has 25 heavy (non-hydrogen) atoms. The summed E-state index contributed by atoms with van der Waals surface area (Å²) in [4.78, 5) is 28.1. The normalized spacial score (nSPS) is 15.2. The molecule has 2 N–H and O–H groups in total. The number of hydrogen-bond acceptors (Lipinski definition) is 3. The zero-order chi connectivity index (χ0) is 18.1. The van der Waals surface area contributed by atoms with E-state index in [1.54, 1.807) is 12.1 Å². The number of thioether (sulfide) groups is 1. The molecule has 0 bridgehead atoms. The van der Waals surface area contributed by atoms with Crippen molar-refractivity contribution in [2.45, 2.75) is 24.7 Å². The molecule has 1 fully saturated rings. The Morgan fingerprint density at radius 3 is 2.56 bits per heavy atom. The van der Waals surface area contributed by atoms with Gasteiger partial charge in [-0.1, -0.05) is 13.3 Å². The van der Waals surface area contributed by atoms with Crippen molar-refractivity contribution in [3.63, 3.8) is 0 Å². The Labute approximate surface area is 152 Å². The van der Waals surface area contributed by atoms with E-state index in [0.29, 0.717) is 25.4 Å². The van der Waals surface area contributed by atoms with Gasteiger partial charge >= 0.3 is 0 Å². The first-order valence-electron chi connectivity index (χ1n) is 8.85. The smallest absolute Gasteiger partial charge is 0.275 e. The van der Waals surface area contributed by atoms with Crippen molar-refractivity contribution in [2.75, 3.05) is 45.0 Å². The number of carbonyl (C=O) groups is 2. The van der Waals surface area contributed by atoms with Crippen molar-refractivity contribution in [3.05, 3.63) is 30.1 Å². The van der Waals surface area contributed by atoms with Crippen LogP contribution in [0, 0.1) is 5.82 Å². The topological polar surface area (TPSA) is 53.9 Å². The molecule has 1 saturated heterocycles. The van der Waals surface area contributed by atoms with Crippen LogP contribution in [-0.4, -0.2) is 61.7 Å². The monoisotopic (exact) mass is 368 g/mol. The number of rotatable bonds is 8. The largest absolute Gasteiger partial charge is 0.351 e. The Morgan fingerprint density at radius 1 is 1.24 bits per heavy atom. The van der Waals surface area contributed by atoms with Crippen LogP contribution >= 0.6 is 11.8 Å². The van der Waals surface area contributed by atoms with Crippen LogP contribution in [0.15, 0.2) is 29.2 Å². The third-order valence-corrected chi connectivity index (χ3v) is 5.26. The van der Waals surface area contributed by atoms with Crippen molar-refractivity contribution in [1.82, 2.24) is 10.2 Å². The zero-order valence-electron chi connectivity index (χ0n) is 14.7. The van der Waals surface area contributed by atoms with Gasteiger partial charge in [0, 0.05) is 11.4 Å². The number of halogens is 1. The number of benzene rings is 1. The number of piperazine rings is 1. The van der Waals surface area contributed by atoms with E-state index in [4.69, 9.17) is 0 Å². The molecule has 0 saturated carbocycles. The molecule has 0 unspecified atom stereocenters. The number of nitrogens with one attached hydrogen (secondary N) is 2. The average Bonchev–Trinajstić information content (AvgIpc) is 2.62. The molecule has 138 valence electrons. The van der Waals surface area contributed by atoms with E-state index in [-0.39, 0.29) is 17.6 Å². The molecule has 1 aromatic carbocycles.